The molecule has 7 nitrogen and oxygen atoms in total. The molecule has 1 amide bonds. The average molecular weight is 421 g/mol. The molecule has 0 bridgehead atoms. The molecule has 1 heterocycles. The van der Waals surface area contributed by atoms with Gasteiger partial charge in [-0.15, -0.1) is 0 Å². The molecule has 0 saturated carbocycles. The Morgan fingerprint density at radius 1 is 1.08 bits per heavy atom. The van der Waals surface area contributed by atoms with Gasteiger partial charge in [0.2, 0.25) is 0 Å². The molecule has 2 aromatic rings. The second kappa shape index (κ2) is 6.17. The highest BCUT2D eigenvalue weighted by atomic mass is 35.5. The molecule has 11 heteroatoms. The Labute approximate surface area is 154 Å². The maximum Gasteiger partial charge on any atom is 0.270 e. The van der Waals surface area contributed by atoms with Gasteiger partial charge in [0, 0.05) is 5.02 Å². The maximum atomic E-state index is 12.4. The van der Waals surface area contributed by atoms with Crippen LogP contribution >= 0.6 is 23.2 Å². The average Bonchev–Trinajstić information content (AvgIpc) is 2.72. The van der Waals surface area contributed by atoms with Gasteiger partial charge in [-0.2, -0.15) is 0 Å². The van der Waals surface area contributed by atoms with Crippen LogP contribution in [0.2, 0.25) is 10.0 Å². The van der Waals surface area contributed by atoms with Gasteiger partial charge in [-0.3, -0.25) is 9.52 Å². The summed E-state index contributed by atoms with van der Waals surface area (Å²) in [6, 6.07) is 9.60. The van der Waals surface area contributed by atoms with Crippen molar-refractivity contribution in [2.75, 3.05) is 10.6 Å². The zero-order valence-corrected chi connectivity index (χ0v) is 15.5. The summed E-state index contributed by atoms with van der Waals surface area (Å²) in [5.74, 6) is -1.97. The molecule has 1 aliphatic heterocycles. The summed E-state index contributed by atoms with van der Waals surface area (Å²) >= 11 is 11.6. The van der Waals surface area contributed by atoms with Crippen LogP contribution in [0.4, 0.5) is 5.69 Å². The number of anilines is 1. The second-order valence-electron chi connectivity index (χ2n) is 5.12. The van der Waals surface area contributed by atoms with Gasteiger partial charge >= 0.3 is 0 Å². The monoisotopic (exact) mass is 420 g/mol. The number of fused-ring (bicyclic) bond motifs is 1. The summed E-state index contributed by atoms with van der Waals surface area (Å²) in [7, 11) is -8.45. The molecule has 1 aliphatic rings. The van der Waals surface area contributed by atoms with Crippen molar-refractivity contribution in [1.82, 2.24) is 4.31 Å². The highest BCUT2D eigenvalue weighted by molar-refractivity contribution is 7.95. The smallest absolute Gasteiger partial charge is 0.270 e. The first-order valence-electron chi connectivity index (χ1n) is 6.73. The quantitative estimate of drug-likeness (QED) is 0.818. The third-order valence-electron chi connectivity index (χ3n) is 3.40. The van der Waals surface area contributed by atoms with Crippen LogP contribution in [-0.4, -0.2) is 32.9 Å². The topological polar surface area (TPSA) is 101 Å². The van der Waals surface area contributed by atoms with Crippen molar-refractivity contribution >= 4 is 54.8 Å². The first kappa shape index (κ1) is 18.0. The van der Waals surface area contributed by atoms with Crippen molar-refractivity contribution in [3.63, 3.8) is 0 Å². The minimum atomic E-state index is -4.23. The number of carbonyl (C=O) groups excluding carboxylic acids is 1. The van der Waals surface area contributed by atoms with Crippen LogP contribution in [0.1, 0.15) is 10.4 Å². The van der Waals surface area contributed by atoms with Crippen LogP contribution in [0, 0.1) is 0 Å². The number of hydrogen-bond acceptors (Lipinski definition) is 5. The van der Waals surface area contributed by atoms with Gasteiger partial charge in [0.15, 0.2) is 5.88 Å². The summed E-state index contributed by atoms with van der Waals surface area (Å²) in [6.07, 6.45) is 0. The lowest BCUT2D eigenvalue weighted by atomic mass is 10.2. The van der Waals surface area contributed by atoms with Gasteiger partial charge in [-0.1, -0.05) is 35.3 Å². The van der Waals surface area contributed by atoms with Gasteiger partial charge in [0.1, 0.15) is 4.90 Å². The van der Waals surface area contributed by atoms with Crippen LogP contribution in [0.15, 0.2) is 47.4 Å². The Morgan fingerprint density at radius 3 is 2.40 bits per heavy atom. The fourth-order valence-corrected chi connectivity index (χ4v) is 6.01. The van der Waals surface area contributed by atoms with Crippen LogP contribution in [0.5, 0.6) is 0 Å². The Balaban J connectivity index is 1.90. The molecule has 0 radical (unpaired) electrons. The van der Waals surface area contributed by atoms with Gasteiger partial charge in [-0.05, 0) is 30.3 Å². The fraction of sp³-hybridized carbons (Fsp3) is 0.0714. The van der Waals surface area contributed by atoms with Gasteiger partial charge in [0.05, 0.1) is 16.3 Å². The molecule has 3 rings (SSSR count). The Hall–Kier alpha value is -1.81. The number of halogens is 2. The molecule has 0 atom stereocenters. The highest BCUT2D eigenvalue weighted by Crippen LogP contribution is 2.31. The zero-order valence-electron chi connectivity index (χ0n) is 12.3. The molecule has 2 aromatic carbocycles. The van der Waals surface area contributed by atoms with E-state index in [0.717, 1.165) is 0 Å². The number of benzene rings is 2. The molecule has 0 saturated heterocycles. The Morgan fingerprint density at radius 2 is 1.76 bits per heavy atom. The van der Waals surface area contributed by atoms with Crippen LogP contribution < -0.4 is 4.72 Å². The van der Waals surface area contributed by atoms with E-state index in [0.29, 0.717) is 9.33 Å². The van der Waals surface area contributed by atoms with E-state index in [1.54, 1.807) is 0 Å². The van der Waals surface area contributed by atoms with E-state index in [9.17, 15) is 21.6 Å². The minimum Gasteiger partial charge on any atom is -0.281 e. The van der Waals surface area contributed by atoms with E-state index in [2.05, 4.69) is 4.72 Å². The molecule has 0 fully saturated rings. The molecule has 132 valence electrons. The molecule has 1 N–H and O–H groups in total. The van der Waals surface area contributed by atoms with Gasteiger partial charge in [0.25, 0.3) is 26.0 Å². The molecule has 0 aliphatic carbocycles. The van der Waals surface area contributed by atoms with E-state index < -0.39 is 31.8 Å². The molecule has 0 aromatic heterocycles. The standard InChI is InChI=1S/C14H10Cl2N2O5S2/c15-9-5-6-12(11(16)7-9)17-24(20,21)8-18-14(19)10-3-1-2-4-13(10)25(18,22)23/h1-7,17H,8H2. The van der Waals surface area contributed by atoms with E-state index in [1.165, 1.54) is 42.5 Å². The lowest BCUT2D eigenvalue weighted by Gasteiger charge is -2.16. The summed E-state index contributed by atoms with van der Waals surface area (Å²) in [5, 5.41) is 0.343. The zero-order chi connectivity index (χ0) is 18.4. The molecular formula is C14H10Cl2N2O5S2. The summed E-state index contributed by atoms with van der Waals surface area (Å²) < 4.78 is 51.9. The van der Waals surface area contributed by atoms with E-state index in [-0.39, 0.29) is 21.2 Å². The van der Waals surface area contributed by atoms with Gasteiger partial charge in [-0.25, -0.2) is 21.1 Å². The molecule has 0 spiro atoms. The number of amides is 1. The summed E-state index contributed by atoms with van der Waals surface area (Å²) in [4.78, 5) is 12.0. The Kier molecular flexibility index (Phi) is 4.44. The van der Waals surface area contributed by atoms with Crippen molar-refractivity contribution < 1.29 is 21.6 Å². The lowest BCUT2D eigenvalue weighted by Crippen LogP contribution is -2.37. The molecule has 25 heavy (non-hydrogen) atoms. The number of nitrogens with one attached hydrogen (secondary N) is 1. The van der Waals surface area contributed by atoms with Crippen LogP contribution in [0.3, 0.4) is 0 Å². The third kappa shape index (κ3) is 3.32. The predicted octanol–water partition coefficient (Wildman–Crippen LogP) is 2.54. The maximum absolute atomic E-state index is 12.4. The SMILES string of the molecule is O=C1c2ccccc2S(=O)(=O)N1CS(=O)(=O)Nc1ccc(Cl)cc1Cl. The normalized spacial score (nSPS) is 15.9. The van der Waals surface area contributed by atoms with Crippen molar-refractivity contribution in [2.45, 2.75) is 4.90 Å². The number of nitrogens with zero attached hydrogens (tertiary/aromatic N) is 1. The molecule has 0 unspecified atom stereocenters. The minimum absolute atomic E-state index is 0.0209. The number of sulfonamides is 2. The third-order valence-corrected chi connectivity index (χ3v) is 7.02. The largest absolute Gasteiger partial charge is 0.281 e. The highest BCUT2D eigenvalue weighted by Gasteiger charge is 2.43. The van der Waals surface area contributed by atoms with Crippen LogP contribution in [-0.2, 0) is 20.0 Å². The first-order chi connectivity index (χ1) is 11.6. The van der Waals surface area contributed by atoms with Crippen molar-refractivity contribution in [1.29, 1.82) is 0 Å². The summed E-state index contributed by atoms with van der Waals surface area (Å²) in [5.41, 5.74) is -0.0464. The van der Waals surface area contributed by atoms with E-state index >= 15 is 0 Å². The Bertz CT molecular complexity index is 1080. The lowest BCUT2D eigenvalue weighted by molar-refractivity contribution is 0.0885. The molecular weight excluding hydrogens is 411 g/mol. The van der Waals surface area contributed by atoms with E-state index in [1.807, 2.05) is 0 Å². The first-order valence-corrected chi connectivity index (χ1v) is 10.6. The van der Waals surface area contributed by atoms with Gasteiger partial charge < -0.3 is 0 Å². The van der Waals surface area contributed by atoms with Crippen molar-refractivity contribution in [3.05, 3.63) is 58.1 Å². The number of hydrogen-bond donors (Lipinski definition) is 1. The number of rotatable bonds is 4. The fourth-order valence-electron chi connectivity index (χ4n) is 2.28. The van der Waals surface area contributed by atoms with Crippen molar-refractivity contribution in [2.24, 2.45) is 0 Å². The van der Waals surface area contributed by atoms with Crippen LogP contribution in [0.25, 0.3) is 0 Å². The van der Waals surface area contributed by atoms with E-state index in [4.69, 9.17) is 23.2 Å². The number of carbonyl (C=O) groups is 1. The van der Waals surface area contributed by atoms with Crippen molar-refractivity contribution in [3.8, 4) is 0 Å². The summed E-state index contributed by atoms with van der Waals surface area (Å²) in [6.45, 7) is 0. The second-order valence-corrected chi connectivity index (χ2v) is 9.49. The predicted molar refractivity (Wildman–Crippen MR) is 93.7 cm³/mol.